The minimum atomic E-state index is 0.269. The summed E-state index contributed by atoms with van der Waals surface area (Å²) in [4.78, 5) is 12.7. The van der Waals surface area contributed by atoms with Gasteiger partial charge in [-0.3, -0.25) is 4.79 Å². The molecule has 3 rings (SSSR count). The molecule has 1 unspecified atom stereocenters. The third kappa shape index (κ3) is 3.63. The molecule has 1 aliphatic heterocycles. The maximum Gasteiger partial charge on any atom is 0.163 e. The van der Waals surface area contributed by atoms with Crippen LogP contribution in [0, 0.1) is 5.92 Å². The Morgan fingerprint density at radius 2 is 1.82 bits per heavy atom. The van der Waals surface area contributed by atoms with Crippen LogP contribution in [0.1, 0.15) is 36.0 Å². The van der Waals surface area contributed by atoms with Crippen LogP contribution >= 0.6 is 0 Å². The number of nitrogens with one attached hydrogen (secondary N) is 1. The average Bonchev–Trinajstić information content (AvgIpc) is 2.61. The highest BCUT2D eigenvalue weighted by Gasteiger charge is 2.17. The molecule has 2 nitrogen and oxygen atoms in total. The lowest BCUT2D eigenvalue weighted by molar-refractivity contribution is 0.0972. The summed E-state index contributed by atoms with van der Waals surface area (Å²) in [6, 6.07) is 18.1. The van der Waals surface area contributed by atoms with E-state index in [9.17, 15) is 4.79 Å². The molecule has 0 aromatic heterocycles. The van der Waals surface area contributed by atoms with Gasteiger partial charge in [-0.25, -0.2) is 0 Å². The molecule has 1 N–H and O–H groups in total. The van der Waals surface area contributed by atoms with E-state index in [-0.39, 0.29) is 5.78 Å². The van der Waals surface area contributed by atoms with Crippen molar-refractivity contribution in [2.24, 2.45) is 5.92 Å². The molecule has 2 aromatic carbocycles. The van der Waals surface area contributed by atoms with Crippen molar-refractivity contribution in [1.29, 1.82) is 0 Å². The van der Waals surface area contributed by atoms with Gasteiger partial charge in [0.15, 0.2) is 5.78 Å². The lowest BCUT2D eigenvalue weighted by atomic mass is 9.90. The first-order valence-corrected chi connectivity index (χ1v) is 8.23. The molecule has 1 saturated heterocycles. The topological polar surface area (TPSA) is 29.1 Å². The van der Waals surface area contributed by atoms with Gasteiger partial charge < -0.3 is 5.32 Å². The zero-order chi connectivity index (χ0) is 15.2. The third-order valence-electron chi connectivity index (χ3n) is 4.49. The van der Waals surface area contributed by atoms with Crippen molar-refractivity contribution in [3.8, 4) is 11.1 Å². The molecule has 1 aliphatic rings. The van der Waals surface area contributed by atoms with Gasteiger partial charge in [0.25, 0.3) is 0 Å². The van der Waals surface area contributed by atoms with E-state index in [1.54, 1.807) is 0 Å². The summed E-state index contributed by atoms with van der Waals surface area (Å²) in [5, 5.41) is 3.42. The van der Waals surface area contributed by atoms with E-state index in [1.165, 1.54) is 12.8 Å². The molecule has 1 atom stereocenters. The molecule has 0 radical (unpaired) electrons. The lowest BCUT2D eigenvalue weighted by Gasteiger charge is -2.22. The normalized spacial score (nSPS) is 18.1. The second kappa shape index (κ2) is 7.37. The Balaban J connectivity index is 1.72. The van der Waals surface area contributed by atoms with Crippen LogP contribution in [0.4, 0.5) is 0 Å². The Hall–Kier alpha value is -1.93. The molecule has 0 amide bonds. The number of carbonyl (C=O) groups excluding carboxylic acids is 1. The molecule has 0 spiro atoms. The maximum absolute atomic E-state index is 12.7. The van der Waals surface area contributed by atoms with Gasteiger partial charge in [0.2, 0.25) is 0 Å². The van der Waals surface area contributed by atoms with Crippen molar-refractivity contribution >= 4 is 5.78 Å². The Kier molecular flexibility index (Phi) is 5.02. The number of rotatable bonds is 5. The molecule has 114 valence electrons. The van der Waals surface area contributed by atoms with Gasteiger partial charge in [0.1, 0.15) is 0 Å². The third-order valence-corrected chi connectivity index (χ3v) is 4.49. The van der Waals surface area contributed by atoms with Crippen molar-refractivity contribution in [3.63, 3.8) is 0 Å². The SMILES string of the molecule is O=C(CCC1CCCNC1)c1ccccc1-c1ccccc1. The highest BCUT2D eigenvalue weighted by molar-refractivity contribution is 6.02. The minimum Gasteiger partial charge on any atom is -0.316 e. The largest absolute Gasteiger partial charge is 0.316 e. The van der Waals surface area contributed by atoms with E-state index < -0.39 is 0 Å². The van der Waals surface area contributed by atoms with E-state index in [0.29, 0.717) is 12.3 Å². The average molecular weight is 293 g/mol. The van der Waals surface area contributed by atoms with E-state index in [4.69, 9.17) is 0 Å². The number of piperidine rings is 1. The van der Waals surface area contributed by atoms with Gasteiger partial charge in [0.05, 0.1) is 0 Å². The number of Topliss-reactive ketones (excluding diaryl/α,β-unsaturated/α-hetero) is 1. The predicted octanol–water partition coefficient (Wildman–Crippen LogP) is 4.32. The Bertz CT molecular complexity index is 615. The first-order valence-electron chi connectivity index (χ1n) is 8.23. The number of ketones is 1. The van der Waals surface area contributed by atoms with Gasteiger partial charge >= 0.3 is 0 Å². The van der Waals surface area contributed by atoms with Crippen LogP contribution in [0.25, 0.3) is 11.1 Å². The second-order valence-corrected chi connectivity index (χ2v) is 6.09. The summed E-state index contributed by atoms with van der Waals surface area (Å²) in [6.07, 6.45) is 4.13. The van der Waals surface area contributed by atoms with E-state index in [0.717, 1.165) is 36.2 Å². The Morgan fingerprint density at radius 1 is 1.05 bits per heavy atom. The van der Waals surface area contributed by atoms with Crippen molar-refractivity contribution in [3.05, 3.63) is 60.2 Å². The van der Waals surface area contributed by atoms with Crippen LogP contribution in [-0.4, -0.2) is 18.9 Å². The number of hydrogen-bond donors (Lipinski definition) is 1. The molecule has 1 heterocycles. The first kappa shape index (κ1) is 15.0. The summed E-state index contributed by atoms with van der Waals surface area (Å²) in [7, 11) is 0. The van der Waals surface area contributed by atoms with Crippen molar-refractivity contribution in [2.75, 3.05) is 13.1 Å². The van der Waals surface area contributed by atoms with Gasteiger partial charge in [-0.2, -0.15) is 0 Å². The molecular weight excluding hydrogens is 270 g/mol. The smallest absolute Gasteiger partial charge is 0.163 e. The van der Waals surface area contributed by atoms with Gasteiger partial charge in [0, 0.05) is 12.0 Å². The van der Waals surface area contributed by atoms with E-state index in [1.807, 2.05) is 42.5 Å². The zero-order valence-corrected chi connectivity index (χ0v) is 12.9. The maximum atomic E-state index is 12.7. The second-order valence-electron chi connectivity index (χ2n) is 6.09. The fraction of sp³-hybridized carbons (Fsp3) is 0.350. The highest BCUT2D eigenvalue weighted by Crippen LogP contribution is 2.26. The lowest BCUT2D eigenvalue weighted by Crippen LogP contribution is -2.30. The highest BCUT2D eigenvalue weighted by atomic mass is 16.1. The number of hydrogen-bond acceptors (Lipinski definition) is 2. The van der Waals surface area contributed by atoms with Crippen LogP contribution in [0.5, 0.6) is 0 Å². The summed E-state index contributed by atoms with van der Waals surface area (Å²) >= 11 is 0. The van der Waals surface area contributed by atoms with Crippen LogP contribution in [0.15, 0.2) is 54.6 Å². The summed E-state index contributed by atoms with van der Waals surface area (Å²) in [6.45, 7) is 2.19. The van der Waals surface area contributed by atoms with Crippen molar-refractivity contribution in [1.82, 2.24) is 5.32 Å². The molecule has 2 aromatic rings. The van der Waals surface area contributed by atoms with E-state index >= 15 is 0 Å². The standard InChI is InChI=1S/C20H23NO/c22-20(13-12-16-7-6-14-21-15-16)19-11-5-4-10-18(19)17-8-2-1-3-9-17/h1-5,8-11,16,21H,6-7,12-15H2. The fourth-order valence-corrected chi connectivity index (χ4v) is 3.24. The summed E-state index contributed by atoms with van der Waals surface area (Å²) < 4.78 is 0. The van der Waals surface area contributed by atoms with Gasteiger partial charge in [-0.1, -0.05) is 54.6 Å². The zero-order valence-electron chi connectivity index (χ0n) is 12.9. The fourth-order valence-electron chi connectivity index (χ4n) is 3.24. The van der Waals surface area contributed by atoms with Crippen LogP contribution in [0.2, 0.25) is 0 Å². The molecule has 2 heteroatoms. The molecule has 0 bridgehead atoms. The van der Waals surface area contributed by atoms with Crippen molar-refractivity contribution in [2.45, 2.75) is 25.7 Å². The van der Waals surface area contributed by atoms with Gasteiger partial charge in [-0.15, -0.1) is 0 Å². The Labute approximate surface area is 132 Å². The quantitative estimate of drug-likeness (QED) is 0.832. The first-order chi connectivity index (χ1) is 10.8. The molecule has 0 saturated carbocycles. The minimum absolute atomic E-state index is 0.269. The van der Waals surface area contributed by atoms with Crippen LogP contribution in [-0.2, 0) is 0 Å². The molecule has 1 fully saturated rings. The Morgan fingerprint density at radius 3 is 2.59 bits per heavy atom. The van der Waals surface area contributed by atoms with Crippen LogP contribution < -0.4 is 5.32 Å². The number of benzene rings is 2. The molecular formula is C20H23NO. The monoisotopic (exact) mass is 293 g/mol. The van der Waals surface area contributed by atoms with Gasteiger partial charge in [-0.05, 0) is 49.4 Å². The molecule has 0 aliphatic carbocycles. The summed E-state index contributed by atoms with van der Waals surface area (Å²) in [5.74, 6) is 0.923. The van der Waals surface area contributed by atoms with E-state index in [2.05, 4.69) is 17.4 Å². The number of carbonyl (C=O) groups is 1. The molecule has 22 heavy (non-hydrogen) atoms. The van der Waals surface area contributed by atoms with Crippen molar-refractivity contribution < 1.29 is 4.79 Å². The summed E-state index contributed by atoms with van der Waals surface area (Å²) in [5.41, 5.74) is 3.03. The van der Waals surface area contributed by atoms with Crippen LogP contribution in [0.3, 0.4) is 0 Å². The predicted molar refractivity (Wildman–Crippen MR) is 91.0 cm³/mol.